The first-order valence-corrected chi connectivity index (χ1v) is 9.47. The highest BCUT2D eigenvalue weighted by molar-refractivity contribution is 5.89. The Labute approximate surface area is 171 Å². The van der Waals surface area contributed by atoms with Crippen LogP contribution >= 0.6 is 0 Å². The number of likely N-dealkylation sites (N-methyl/N-ethyl adjacent to an activating group) is 1. The van der Waals surface area contributed by atoms with Gasteiger partial charge in [0.05, 0.1) is 5.69 Å². The normalized spacial score (nSPS) is 10.6. The summed E-state index contributed by atoms with van der Waals surface area (Å²) in [6, 6.07) is 19.4. The second-order valence-corrected chi connectivity index (χ2v) is 6.95. The fourth-order valence-electron chi connectivity index (χ4n) is 2.77. The molecule has 0 fully saturated rings. The van der Waals surface area contributed by atoms with E-state index in [0.29, 0.717) is 11.6 Å². The third-order valence-electron chi connectivity index (χ3n) is 4.10. The second kappa shape index (κ2) is 9.66. The zero-order valence-corrected chi connectivity index (χ0v) is 16.9. The molecule has 1 heterocycles. The minimum absolute atomic E-state index is 0.114. The van der Waals surface area contributed by atoms with Gasteiger partial charge in [-0.05, 0) is 32.3 Å². The van der Waals surface area contributed by atoms with Crippen molar-refractivity contribution in [3.05, 3.63) is 60.7 Å². The predicted molar refractivity (Wildman–Crippen MR) is 119 cm³/mol. The van der Waals surface area contributed by atoms with Gasteiger partial charge in [-0.15, -0.1) is 0 Å². The third-order valence-corrected chi connectivity index (χ3v) is 4.10. The van der Waals surface area contributed by atoms with Gasteiger partial charge in [0.25, 0.3) is 0 Å². The SMILES string of the molecule is CC(=O)Nc1cccc(Nc2nc(NCCN(C)C)cc(-c3ccccc3)n2)c1. The highest BCUT2D eigenvalue weighted by atomic mass is 16.1. The smallest absolute Gasteiger partial charge is 0.229 e. The van der Waals surface area contributed by atoms with Crippen LogP contribution in [0.3, 0.4) is 0 Å². The van der Waals surface area contributed by atoms with E-state index in [-0.39, 0.29) is 5.91 Å². The summed E-state index contributed by atoms with van der Waals surface area (Å²) in [4.78, 5) is 22.7. The Bertz CT molecular complexity index is 959. The molecule has 0 spiro atoms. The Balaban J connectivity index is 1.87. The van der Waals surface area contributed by atoms with Gasteiger partial charge in [-0.3, -0.25) is 4.79 Å². The molecule has 0 atom stereocenters. The maximum Gasteiger partial charge on any atom is 0.229 e. The molecule has 150 valence electrons. The molecular weight excluding hydrogens is 364 g/mol. The standard InChI is InChI=1S/C22H26N6O/c1-16(29)24-18-10-7-11-19(14-18)25-22-26-20(17-8-5-4-6-9-17)15-21(27-22)23-12-13-28(2)3/h4-11,14-15H,12-13H2,1-3H3,(H,24,29)(H2,23,25,26,27). The van der Waals surface area contributed by atoms with E-state index in [0.717, 1.165) is 35.9 Å². The molecule has 2 aromatic carbocycles. The monoisotopic (exact) mass is 390 g/mol. The van der Waals surface area contributed by atoms with Crippen LogP contribution in [-0.4, -0.2) is 48.0 Å². The van der Waals surface area contributed by atoms with Gasteiger partial charge in [-0.25, -0.2) is 4.98 Å². The Morgan fingerprint density at radius 1 is 0.966 bits per heavy atom. The molecule has 0 saturated carbocycles. The van der Waals surface area contributed by atoms with Crippen molar-refractivity contribution in [1.29, 1.82) is 0 Å². The fraction of sp³-hybridized carbons (Fsp3) is 0.227. The lowest BCUT2D eigenvalue weighted by atomic mass is 10.1. The van der Waals surface area contributed by atoms with Crippen LogP contribution in [0.5, 0.6) is 0 Å². The Morgan fingerprint density at radius 3 is 2.45 bits per heavy atom. The van der Waals surface area contributed by atoms with Crippen LogP contribution in [0.15, 0.2) is 60.7 Å². The van der Waals surface area contributed by atoms with E-state index in [9.17, 15) is 4.79 Å². The van der Waals surface area contributed by atoms with E-state index in [1.165, 1.54) is 6.92 Å². The molecule has 0 saturated heterocycles. The van der Waals surface area contributed by atoms with E-state index in [4.69, 9.17) is 0 Å². The van der Waals surface area contributed by atoms with Gasteiger partial charge in [0.15, 0.2) is 0 Å². The molecule has 0 unspecified atom stereocenters. The Kier molecular flexibility index (Phi) is 6.76. The zero-order valence-electron chi connectivity index (χ0n) is 16.9. The summed E-state index contributed by atoms with van der Waals surface area (Å²) in [5, 5.41) is 9.38. The molecule has 0 radical (unpaired) electrons. The van der Waals surface area contributed by atoms with Crippen molar-refractivity contribution in [2.24, 2.45) is 0 Å². The zero-order chi connectivity index (χ0) is 20.6. The minimum atomic E-state index is -0.114. The van der Waals surface area contributed by atoms with Gasteiger partial charge in [-0.1, -0.05) is 36.4 Å². The highest BCUT2D eigenvalue weighted by Gasteiger charge is 2.08. The fourth-order valence-corrected chi connectivity index (χ4v) is 2.77. The number of carbonyl (C=O) groups is 1. The number of hydrogen-bond donors (Lipinski definition) is 3. The number of nitrogens with one attached hydrogen (secondary N) is 3. The average Bonchev–Trinajstić information content (AvgIpc) is 2.68. The van der Waals surface area contributed by atoms with Crippen LogP contribution in [0, 0.1) is 0 Å². The average molecular weight is 390 g/mol. The van der Waals surface area contributed by atoms with E-state index in [1.54, 1.807) is 0 Å². The number of rotatable bonds is 8. The lowest BCUT2D eigenvalue weighted by Gasteiger charge is -2.14. The summed E-state index contributed by atoms with van der Waals surface area (Å²) >= 11 is 0. The molecule has 0 aliphatic rings. The van der Waals surface area contributed by atoms with Crippen LogP contribution in [0.25, 0.3) is 11.3 Å². The molecule has 3 aromatic rings. The van der Waals surface area contributed by atoms with Crippen LogP contribution in [-0.2, 0) is 4.79 Å². The number of benzene rings is 2. The number of hydrogen-bond acceptors (Lipinski definition) is 6. The summed E-state index contributed by atoms with van der Waals surface area (Å²) in [7, 11) is 4.07. The number of anilines is 4. The second-order valence-electron chi connectivity index (χ2n) is 6.95. The maximum absolute atomic E-state index is 11.3. The number of aromatic nitrogens is 2. The lowest BCUT2D eigenvalue weighted by molar-refractivity contribution is -0.114. The molecule has 0 bridgehead atoms. The number of nitrogens with zero attached hydrogens (tertiary/aromatic N) is 3. The summed E-state index contributed by atoms with van der Waals surface area (Å²) in [5.74, 6) is 1.12. The summed E-state index contributed by atoms with van der Waals surface area (Å²) in [6.45, 7) is 3.15. The highest BCUT2D eigenvalue weighted by Crippen LogP contribution is 2.24. The summed E-state index contributed by atoms with van der Waals surface area (Å²) < 4.78 is 0. The first kappa shape index (κ1) is 20.3. The van der Waals surface area contributed by atoms with Gasteiger partial charge < -0.3 is 20.9 Å². The van der Waals surface area contributed by atoms with E-state index >= 15 is 0 Å². The van der Waals surface area contributed by atoms with Crippen LogP contribution < -0.4 is 16.0 Å². The van der Waals surface area contributed by atoms with Crippen LogP contribution in [0.1, 0.15) is 6.92 Å². The minimum Gasteiger partial charge on any atom is -0.369 e. The molecule has 1 aromatic heterocycles. The molecule has 0 aliphatic carbocycles. The van der Waals surface area contributed by atoms with Crippen molar-refractivity contribution >= 4 is 29.0 Å². The van der Waals surface area contributed by atoms with E-state index in [1.807, 2.05) is 74.8 Å². The van der Waals surface area contributed by atoms with Crippen molar-refractivity contribution in [1.82, 2.24) is 14.9 Å². The Hall–Kier alpha value is -3.45. The van der Waals surface area contributed by atoms with E-state index < -0.39 is 0 Å². The van der Waals surface area contributed by atoms with Crippen molar-refractivity contribution in [2.75, 3.05) is 43.1 Å². The van der Waals surface area contributed by atoms with Crippen molar-refractivity contribution in [3.63, 3.8) is 0 Å². The summed E-state index contributed by atoms with van der Waals surface area (Å²) in [5.41, 5.74) is 3.35. The maximum atomic E-state index is 11.3. The number of carbonyl (C=O) groups excluding carboxylic acids is 1. The quantitative estimate of drug-likeness (QED) is 0.542. The van der Waals surface area contributed by atoms with Crippen LogP contribution in [0.4, 0.5) is 23.1 Å². The van der Waals surface area contributed by atoms with Gasteiger partial charge >= 0.3 is 0 Å². The van der Waals surface area contributed by atoms with Gasteiger partial charge in [0.2, 0.25) is 11.9 Å². The molecule has 7 heteroatoms. The van der Waals surface area contributed by atoms with Crippen molar-refractivity contribution in [3.8, 4) is 11.3 Å². The lowest BCUT2D eigenvalue weighted by Crippen LogP contribution is -2.21. The van der Waals surface area contributed by atoms with Crippen LogP contribution in [0.2, 0.25) is 0 Å². The topological polar surface area (TPSA) is 82.2 Å². The number of amides is 1. The first-order chi connectivity index (χ1) is 14.0. The molecule has 3 N–H and O–H groups in total. The summed E-state index contributed by atoms with van der Waals surface area (Å²) in [6.07, 6.45) is 0. The van der Waals surface area contributed by atoms with Gasteiger partial charge in [-0.2, -0.15) is 4.98 Å². The van der Waals surface area contributed by atoms with Gasteiger partial charge in [0, 0.05) is 43.0 Å². The molecule has 3 rings (SSSR count). The molecule has 0 aliphatic heterocycles. The largest absolute Gasteiger partial charge is 0.369 e. The Morgan fingerprint density at radius 2 is 1.72 bits per heavy atom. The van der Waals surface area contributed by atoms with Gasteiger partial charge in [0.1, 0.15) is 5.82 Å². The third kappa shape index (κ3) is 6.29. The molecule has 29 heavy (non-hydrogen) atoms. The predicted octanol–water partition coefficient (Wildman–Crippen LogP) is 3.82. The van der Waals surface area contributed by atoms with Crippen molar-refractivity contribution in [2.45, 2.75) is 6.92 Å². The molecule has 7 nitrogen and oxygen atoms in total. The first-order valence-electron chi connectivity index (χ1n) is 9.47. The molecular formula is C22H26N6O. The van der Waals surface area contributed by atoms with Crippen molar-refractivity contribution < 1.29 is 4.79 Å². The van der Waals surface area contributed by atoms with E-state index in [2.05, 4.69) is 30.8 Å². The molecule has 1 amide bonds.